The van der Waals surface area contributed by atoms with Crippen molar-refractivity contribution in [2.24, 2.45) is 11.8 Å². The van der Waals surface area contributed by atoms with Gasteiger partial charge in [-0.25, -0.2) is 0 Å². The van der Waals surface area contributed by atoms with Crippen LogP contribution < -0.4 is 5.32 Å². The second-order valence-electron chi connectivity index (χ2n) is 5.78. The molecule has 1 amide bonds. The number of hydrogen-bond acceptors (Lipinski definition) is 4. The molecule has 2 saturated heterocycles. The molecule has 1 aromatic carbocycles. The van der Waals surface area contributed by atoms with Crippen LogP contribution in [0.3, 0.4) is 0 Å². The molecular weight excluding hydrogens is 290 g/mol. The van der Waals surface area contributed by atoms with Crippen LogP contribution in [0, 0.1) is 11.8 Å². The standard InChI is InChI=1S/C15H17N3O2.ClH/c19-15(18-8-10-6-16-7-11(10)9-18)5-13-12-3-1-2-4-14(12)20-17-13;/h1-4,10-11,16H,5-9H2;1H/t10-,11+;. The number of nitrogens with zero attached hydrogens (tertiary/aromatic N) is 2. The van der Waals surface area contributed by atoms with Gasteiger partial charge in [-0.3, -0.25) is 4.79 Å². The lowest BCUT2D eigenvalue weighted by Gasteiger charge is -2.16. The summed E-state index contributed by atoms with van der Waals surface area (Å²) in [6, 6.07) is 7.69. The summed E-state index contributed by atoms with van der Waals surface area (Å²) < 4.78 is 5.26. The first-order valence-corrected chi connectivity index (χ1v) is 7.13. The predicted octanol–water partition coefficient (Wildman–Crippen LogP) is 1.47. The van der Waals surface area contributed by atoms with Gasteiger partial charge < -0.3 is 14.7 Å². The largest absolute Gasteiger partial charge is 0.356 e. The summed E-state index contributed by atoms with van der Waals surface area (Å²) in [5, 5.41) is 8.38. The van der Waals surface area contributed by atoms with Crippen LogP contribution in [0.4, 0.5) is 0 Å². The third-order valence-corrected chi connectivity index (χ3v) is 4.51. The SMILES string of the molecule is Cl.O=C(Cc1noc2ccccc12)N1C[C@H]2CNC[C@H]2C1. The summed E-state index contributed by atoms with van der Waals surface area (Å²) in [6.07, 6.45) is 0.337. The first-order valence-electron chi connectivity index (χ1n) is 7.13. The number of benzene rings is 1. The topological polar surface area (TPSA) is 58.4 Å². The third-order valence-electron chi connectivity index (χ3n) is 4.51. The fourth-order valence-electron chi connectivity index (χ4n) is 3.38. The number of rotatable bonds is 2. The summed E-state index contributed by atoms with van der Waals surface area (Å²) >= 11 is 0. The van der Waals surface area contributed by atoms with Crippen molar-refractivity contribution in [3.05, 3.63) is 30.0 Å². The number of hydrogen-bond donors (Lipinski definition) is 1. The minimum absolute atomic E-state index is 0. The first-order chi connectivity index (χ1) is 9.81. The van der Waals surface area contributed by atoms with Gasteiger partial charge in [0.1, 0.15) is 5.69 Å². The van der Waals surface area contributed by atoms with E-state index < -0.39 is 0 Å². The highest BCUT2D eigenvalue weighted by atomic mass is 35.5. The van der Waals surface area contributed by atoms with E-state index in [1.807, 2.05) is 29.2 Å². The molecule has 112 valence electrons. The molecule has 6 heteroatoms. The van der Waals surface area contributed by atoms with E-state index in [4.69, 9.17) is 4.52 Å². The van der Waals surface area contributed by atoms with Crippen LogP contribution >= 0.6 is 12.4 Å². The molecule has 0 saturated carbocycles. The summed E-state index contributed by atoms with van der Waals surface area (Å²) in [6.45, 7) is 3.85. The zero-order valence-electron chi connectivity index (χ0n) is 11.6. The number of aromatic nitrogens is 1. The predicted molar refractivity (Wildman–Crippen MR) is 81.4 cm³/mol. The van der Waals surface area contributed by atoms with E-state index in [0.29, 0.717) is 18.3 Å². The van der Waals surface area contributed by atoms with Gasteiger partial charge in [-0.15, -0.1) is 12.4 Å². The van der Waals surface area contributed by atoms with Gasteiger partial charge in [-0.2, -0.15) is 0 Å². The summed E-state index contributed by atoms with van der Waals surface area (Å²) in [7, 11) is 0. The molecule has 0 bridgehead atoms. The van der Waals surface area contributed by atoms with E-state index in [-0.39, 0.29) is 18.3 Å². The van der Waals surface area contributed by atoms with E-state index in [9.17, 15) is 4.79 Å². The molecule has 1 aromatic heterocycles. The average molecular weight is 308 g/mol. The van der Waals surface area contributed by atoms with Gasteiger partial charge in [0.15, 0.2) is 5.58 Å². The molecule has 2 aromatic rings. The van der Waals surface area contributed by atoms with Crippen molar-refractivity contribution in [1.82, 2.24) is 15.4 Å². The Kier molecular flexibility index (Phi) is 3.87. The molecule has 0 unspecified atom stereocenters. The molecule has 2 fully saturated rings. The van der Waals surface area contributed by atoms with E-state index in [1.54, 1.807) is 0 Å². The van der Waals surface area contributed by atoms with Crippen molar-refractivity contribution in [3.8, 4) is 0 Å². The van der Waals surface area contributed by atoms with Gasteiger partial charge in [0.2, 0.25) is 5.91 Å². The summed E-state index contributed by atoms with van der Waals surface area (Å²) in [5.41, 5.74) is 1.50. The highest BCUT2D eigenvalue weighted by Gasteiger charge is 2.38. The van der Waals surface area contributed by atoms with Crippen molar-refractivity contribution >= 4 is 29.3 Å². The molecule has 2 aliphatic rings. The number of likely N-dealkylation sites (tertiary alicyclic amines) is 1. The highest BCUT2D eigenvalue weighted by Crippen LogP contribution is 2.27. The molecule has 3 heterocycles. The van der Waals surface area contributed by atoms with Gasteiger partial charge in [0, 0.05) is 31.6 Å². The zero-order valence-corrected chi connectivity index (χ0v) is 12.4. The molecule has 0 radical (unpaired) electrons. The molecule has 0 aliphatic carbocycles. The molecule has 5 nitrogen and oxygen atoms in total. The maximum atomic E-state index is 12.4. The fraction of sp³-hybridized carbons (Fsp3) is 0.467. The number of carbonyl (C=O) groups is 1. The lowest BCUT2D eigenvalue weighted by atomic mass is 10.0. The number of para-hydroxylation sites is 1. The van der Waals surface area contributed by atoms with Crippen molar-refractivity contribution < 1.29 is 9.32 Å². The van der Waals surface area contributed by atoms with Crippen LogP contribution in [0.25, 0.3) is 11.0 Å². The number of amides is 1. The third kappa shape index (κ3) is 2.51. The molecule has 2 atom stereocenters. The van der Waals surface area contributed by atoms with Gasteiger partial charge >= 0.3 is 0 Å². The lowest BCUT2D eigenvalue weighted by Crippen LogP contribution is -2.33. The van der Waals surface area contributed by atoms with Gasteiger partial charge in [0.05, 0.1) is 6.42 Å². The van der Waals surface area contributed by atoms with Crippen molar-refractivity contribution in [3.63, 3.8) is 0 Å². The quantitative estimate of drug-likeness (QED) is 0.913. The number of halogens is 1. The Bertz CT molecular complexity index is 645. The minimum Gasteiger partial charge on any atom is -0.356 e. The highest BCUT2D eigenvalue weighted by molar-refractivity contribution is 5.86. The van der Waals surface area contributed by atoms with Crippen LogP contribution in [-0.2, 0) is 11.2 Å². The number of nitrogens with one attached hydrogen (secondary N) is 1. The Morgan fingerprint density at radius 1 is 1.29 bits per heavy atom. The smallest absolute Gasteiger partial charge is 0.228 e. The van der Waals surface area contributed by atoms with Crippen molar-refractivity contribution in [2.75, 3.05) is 26.2 Å². The molecule has 0 spiro atoms. The Balaban J connectivity index is 0.00000132. The second kappa shape index (κ2) is 5.66. The summed E-state index contributed by atoms with van der Waals surface area (Å²) in [5.74, 6) is 1.43. The minimum atomic E-state index is 0. The summed E-state index contributed by atoms with van der Waals surface area (Å²) in [4.78, 5) is 14.4. The van der Waals surface area contributed by atoms with Gasteiger partial charge in [-0.1, -0.05) is 17.3 Å². The number of fused-ring (bicyclic) bond motifs is 2. The van der Waals surface area contributed by atoms with Gasteiger partial charge in [-0.05, 0) is 24.0 Å². The zero-order chi connectivity index (χ0) is 13.5. The molecule has 21 heavy (non-hydrogen) atoms. The van der Waals surface area contributed by atoms with Crippen LogP contribution in [0.15, 0.2) is 28.8 Å². The first kappa shape index (κ1) is 14.4. The monoisotopic (exact) mass is 307 g/mol. The molecular formula is C15H18ClN3O2. The van der Waals surface area contributed by atoms with Crippen LogP contribution in [-0.4, -0.2) is 42.1 Å². The van der Waals surface area contributed by atoms with Crippen LogP contribution in [0.1, 0.15) is 5.69 Å². The van der Waals surface area contributed by atoms with E-state index in [1.165, 1.54) is 0 Å². The number of carbonyl (C=O) groups excluding carboxylic acids is 1. The van der Waals surface area contributed by atoms with Crippen LogP contribution in [0.2, 0.25) is 0 Å². The van der Waals surface area contributed by atoms with Crippen LogP contribution in [0.5, 0.6) is 0 Å². The van der Waals surface area contributed by atoms with Gasteiger partial charge in [0.25, 0.3) is 0 Å². The molecule has 2 aliphatic heterocycles. The van der Waals surface area contributed by atoms with E-state index in [0.717, 1.165) is 42.8 Å². The Hall–Kier alpha value is -1.59. The Morgan fingerprint density at radius 3 is 2.76 bits per heavy atom. The van der Waals surface area contributed by atoms with E-state index in [2.05, 4.69) is 10.5 Å². The normalized spacial score (nSPS) is 24.1. The lowest BCUT2D eigenvalue weighted by molar-refractivity contribution is -0.129. The Labute approximate surface area is 129 Å². The van der Waals surface area contributed by atoms with Crippen molar-refractivity contribution in [2.45, 2.75) is 6.42 Å². The Morgan fingerprint density at radius 2 is 2.00 bits per heavy atom. The molecule has 4 rings (SSSR count). The average Bonchev–Trinajstić information content (AvgIpc) is 3.12. The van der Waals surface area contributed by atoms with E-state index >= 15 is 0 Å². The maximum Gasteiger partial charge on any atom is 0.228 e. The van der Waals surface area contributed by atoms with Crippen molar-refractivity contribution in [1.29, 1.82) is 0 Å². The molecule has 1 N–H and O–H groups in total. The maximum absolute atomic E-state index is 12.4. The fourth-order valence-corrected chi connectivity index (χ4v) is 3.38. The second-order valence-corrected chi connectivity index (χ2v) is 5.78.